The molecule has 0 aromatic carbocycles. The molecule has 1 heterocycles. The molecule has 1 aliphatic rings. The molecule has 5 heteroatoms. The second kappa shape index (κ2) is 3.91. The van der Waals surface area contributed by atoms with Crippen molar-refractivity contribution < 1.29 is 8.42 Å². The molecule has 13 heavy (non-hydrogen) atoms. The van der Waals surface area contributed by atoms with Crippen molar-refractivity contribution in [1.82, 2.24) is 5.01 Å². The molecule has 0 amide bonds. The number of sulfone groups is 1. The highest BCUT2D eigenvalue weighted by atomic mass is 32.2. The van der Waals surface area contributed by atoms with Crippen LogP contribution in [0.2, 0.25) is 0 Å². The Balaban J connectivity index is 2.58. The van der Waals surface area contributed by atoms with Crippen LogP contribution >= 0.6 is 0 Å². The van der Waals surface area contributed by atoms with Crippen molar-refractivity contribution in [1.29, 1.82) is 0 Å². The van der Waals surface area contributed by atoms with Gasteiger partial charge in [0.15, 0.2) is 0 Å². The molecule has 0 aliphatic carbocycles. The lowest BCUT2D eigenvalue weighted by Gasteiger charge is -2.28. The van der Waals surface area contributed by atoms with Crippen LogP contribution in [0.4, 0.5) is 0 Å². The highest BCUT2D eigenvalue weighted by Crippen LogP contribution is 2.18. The van der Waals surface area contributed by atoms with Crippen LogP contribution in [0, 0.1) is 0 Å². The minimum atomic E-state index is -2.79. The van der Waals surface area contributed by atoms with Crippen LogP contribution in [0.15, 0.2) is 17.9 Å². The number of hydrogen-bond acceptors (Lipinski definition) is 4. The Kier molecular flexibility index (Phi) is 3.08. The zero-order chi connectivity index (χ0) is 9.90. The first-order chi connectivity index (χ1) is 6.09. The summed E-state index contributed by atoms with van der Waals surface area (Å²) in [7, 11) is -2.79. The van der Waals surface area contributed by atoms with Crippen molar-refractivity contribution in [2.24, 2.45) is 5.10 Å². The number of nitrogens with zero attached hydrogens (tertiary/aromatic N) is 2. The fraction of sp³-hybridized carbons (Fsp3) is 0.625. The van der Waals surface area contributed by atoms with Crippen LogP contribution < -0.4 is 0 Å². The largest absolute Gasteiger partial charge is 0.271 e. The normalized spacial score (nSPS) is 22.2. The minimum absolute atomic E-state index is 0.151. The van der Waals surface area contributed by atoms with Gasteiger partial charge in [0.1, 0.15) is 9.84 Å². The van der Waals surface area contributed by atoms with Crippen LogP contribution in [0.5, 0.6) is 0 Å². The fourth-order valence-electron chi connectivity index (χ4n) is 1.46. The molecule has 0 atom stereocenters. The summed E-state index contributed by atoms with van der Waals surface area (Å²) in [6.07, 6.45) is 2.82. The molecule has 0 N–H and O–H groups in total. The third-order valence-electron chi connectivity index (χ3n) is 2.25. The van der Waals surface area contributed by atoms with Crippen LogP contribution in [-0.2, 0) is 9.84 Å². The van der Waals surface area contributed by atoms with Crippen molar-refractivity contribution in [2.45, 2.75) is 18.9 Å². The van der Waals surface area contributed by atoms with Crippen LogP contribution in [0.3, 0.4) is 0 Å². The first-order valence-corrected chi connectivity index (χ1v) is 5.99. The Hall–Kier alpha value is -0.840. The smallest absolute Gasteiger partial charge is 0.150 e. The van der Waals surface area contributed by atoms with E-state index in [0.29, 0.717) is 12.8 Å². The summed E-state index contributed by atoms with van der Waals surface area (Å²) in [5.41, 5.74) is 0. The van der Waals surface area contributed by atoms with Crippen molar-refractivity contribution in [2.75, 3.05) is 11.5 Å². The molecule has 1 aliphatic heterocycles. The predicted octanol–water partition coefficient (Wildman–Crippen LogP) is 0.625. The average Bonchev–Trinajstić information content (AvgIpc) is 2.09. The van der Waals surface area contributed by atoms with Gasteiger partial charge in [0.2, 0.25) is 0 Å². The van der Waals surface area contributed by atoms with Gasteiger partial charge in [0, 0.05) is 12.9 Å². The Morgan fingerprint density at radius 2 is 1.92 bits per heavy atom. The van der Waals surface area contributed by atoms with Gasteiger partial charge in [-0.2, -0.15) is 5.10 Å². The summed E-state index contributed by atoms with van der Waals surface area (Å²) < 4.78 is 22.2. The van der Waals surface area contributed by atoms with Gasteiger partial charge in [-0.15, -0.1) is 0 Å². The van der Waals surface area contributed by atoms with Gasteiger partial charge in [-0.3, -0.25) is 5.01 Å². The molecule has 0 aromatic rings. The van der Waals surface area contributed by atoms with Crippen molar-refractivity contribution in [3.8, 4) is 0 Å². The maximum absolute atomic E-state index is 11.1. The van der Waals surface area contributed by atoms with E-state index in [-0.39, 0.29) is 17.5 Å². The highest BCUT2D eigenvalue weighted by molar-refractivity contribution is 7.91. The lowest BCUT2D eigenvalue weighted by Crippen LogP contribution is -2.35. The summed E-state index contributed by atoms with van der Waals surface area (Å²) in [6, 6.07) is 0.151. The molecule has 0 unspecified atom stereocenters. The predicted molar refractivity (Wildman–Crippen MR) is 53.3 cm³/mol. The zero-order valence-corrected chi connectivity index (χ0v) is 8.33. The summed E-state index contributed by atoms with van der Waals surface area (Å²) in [4.78, 5) is 0. The van der Waals surface area contributed by atoms with E-state index >= 15 is 0 Å². The molecule has 0 bridgehead atoms. The van der Waals surface area contributed by atoms with Crippen LogP contribution in [0.1, 0.15) is 12.8 Å². The molecule has 4 nitrogen and oxygen atoms in total. The quantitative estimate of drug-likeness (QED) is 0.498. The van der Waals surface area contributed by atoms with Gasteiger partial charge < -0.3 is 0 Å². The van der Waals surface area contributed by atoms with Gasteiger partial charge >= 0.3 is 0 Å². The fourth-order valence-corrected chi connectivity index (χ4v) is 2.93. The van der Waals surface area contributed by atoms with Gasteiger partial charge in [0.05, 0.1) is 17.5 Å². The number of hydrogen-bond donors (Lipinski definition) is 0. The Morgan fingerprint density at radius 1 is 1.38 bits per heavy atom. The number of rotatable bonds is 3. The van der Waals surface area contributed by atoms with E-state index in [1.54, 1.807) is 11.2 Å². The lowest BCUT2D eigenvalue weighted by molar-refractivity contribution is 0.272. The first-order valence-electron chi connectivity index (χ1n) is 4.17. The maximum Gasteiger partial charge on any atom is 0.150 e. The third kappa shape index (κ3) is 2.55. The van der Waals surface area contributed by atoms with E-state index in [1.165, 1.54) is 0 Å². The van der Waals surface area contributed by atoms with E-state index in [1.807, 2.05) is 0 Å². The Morgan fingerprint density at radius 3 is 2.31 bits per heavy atom. The molecule has 0 aromatic heterocycles. The Bertz CT molecular complexity index is 275. The highest BCUT2D eigenvalue weighted by Gasteiger charge is 2.26. The van der Waals surface area contributed by atoms with E-state index in [0.717, 1.165) is 0 Å². The third-order valence-corrected chi connectivity index (χ3v) is 3.96. The SMILES string of the molecule is C=CN(N=C)C1CCS(=O)(=O)CC1. The second-order valence-electron chi connectivity index (χ2n) is 3.09. The van der Waals surface area contributed by atoms with Gasteiger partial charge in [-0.25, -0.2) is 8.42 Å². The summed E-state index contributed by atoms with van der Waals surface area (Å²) in [6.45, 7) is 6.98. The minimum Gasteiger partial charge on any atom is -0.271 e. The molecular weight excluding hydrogens is 188 g/mol. The summed E-state index contributed by atoms with van der Waals surface area (Å²) >= 11 is 0. The molecule has 1 saturated heterocycles. The van der Waals surface area contributed by atoms with Gasteiger partial charge in [-0.05, 0) is 12.8 Å². The summed E-state index contributed by atoms with van der Waals surface area (Å²) in [5, 5.41) is 5.38. The average molecular weight is 202 g/mol. The molecule has 0 radical (unpaired) electrons. The monoisotopic (exact) mass is 202 g/mol. The summed E-state index contributed by atoms with van der Waals surface area (Å²) in [5.74, 6) is 0.495. The zero-order valence-electron chi connectivity index (χ0n) is 7.52. The van der Waals surface area contributed by atoms with Gasteiger partial charge in [0.25, 0.3) is 0 Å². The molecule has 1 fully saturated rings. The lowest BCUT2D eigenvalue weighted by atomic mass is 10.1. The van der Waals surface area contributed by atoms with Crippen molar-refractivity contribution in [3.63, 3.8) is 0 Å². The van der Waals surface area contributed by atoms with E-state index in [2.05, 4.69) is 18.4 Å². The van der Waals surface area contributed by atoms with E-state index in [9.17, 15) is 8.42 Å². The van der Waals surface area contributed by atoms with E-state index in [4.69, 9.17) is 0 Å². The molecule has 0 saturated carbocycles. The molecule has 1 rings (SSSR count). The molecule has 0 spiro atoms. The second-order valence-corrected chi connectivity index (χ2v) is 5.39. The van der Waals surface area contributed by atoms with Gasteiger partial charge in [-0.1, -0.05) is 6.58 Å². The van der Waals surface area contributed by atoms with Crippen molar-refractivity contribution in [3.05, 3.63) is 12.8 Å². The molecule has 74 valence electrons. The Labute approximate surface area is 78.8 Å². The first kappa shape index (κ1) is 10.2. The van der Waals surface area contributed by atoms with Crippen LogP contribution in [0.25, 0.3) is 0 Å². The number of hydrazone groups is 1. The topological polar surface area (TPSA) is 49.7 Å². The standard InChI is InChI=1S/C8H14N2O2S/c1-3-10(9-2)8-4-6-13(11,12)7-5-8/h3,8H,1-2,4-7H2. The van der Waals surface area contributed by atoms with Crippen molar-refractivity contribution >= 4 is 16.6 Å². The van der Waals surface area contributed by atoms with Crippen LogP contribution in [-0.4, -0.2) is 37.7 Å². The maximum atomic E-state index is 11.1. The van der Waals surface area contributed by atoms with E-state index < -0.39 is 9.84 Å². The molecular formula is C8H14N2O2S.